The van der Waals surface area contributed by atoms with E-state index in [-0.39, 0.29) is 16.3 Å². The number of hydrogen-bond donors (Lipinski definition) is 1. The molecule has 2 atom stereocenters. The molecule has 5 nitrogen and oxygen atoms in total. The van der Waals surface area contributed by atoms with Gasteiger partial charge in [-0.3, -0.25) is 14.3 Å². The third-order valence-corrected chi connectivity index (χ3v) is 4.64. The summed E-state index contributed by atoms with van der Waals surface area (Å²) in [6, 6.07) is 13.3. The molecule has 0 heterocycles. The van der Waals surface area contributed by atoms with E-state index in [0.717, 1.165) is 11.1 Å². The second-order valence-electron chi connectivity index (χ2n) is 4.75. The van der Waals surface area contributed by atoms with Gasteiger partial charge in [-0.15, -0.1) is 0 Å². The van der Waals surface area contributed by atoms with Crippen molar-refractivity contribution in [2.24, 2.45) is 5.73 Å². The second-order valence-corrected chi connectivity index (χ2v) is 6.22. The van der Waals surface area contributed by atoms with E-state index in [0.29, 0.717) is 0 Å². The van der Waals surface area contributed by atoms with Gasteiger partial charge in [0.2, 0.25) is 0 Å². The molecule has 0 fully saturated rings. The van der Waals surface area contributed by atoms with Crippen LogP contribution in [0.25, 0.3) is 0 Å². The highest BCUT2D eigenvalue weighted by molar-refractivity contribution is 7.85. The Morgan fingerprint density at radius 3 is 2.43 bits per heavy atom. The number of nitro benzene ring substituents is 1. The summed E-state index contributed by atoms with van der Waals surface area (Å²) in [7, 11) is -1.52. The third kappa shape index (κ3) is 3.74. The topological polar surface area (TPSA) is 86.2 Å². The van der Waals surface area contributed by atoms with Gasteiger partial charge in [-0.25, -0.2) is 0 Å². The first kappa shape index (κ1) is 15.3. The lowest BCUT2D eigenvalue weighted by atomic mass is 10.1. The molecule has 0 aliphatic heterocycles. The summed E-state index contributed by atoms with van der Waals surface area (Å²) in [5.41, 5.74) is 7.90. The number of para-hydroxylation sites is 1. The molecule has 0 saturated heterocycles. The van der Waals surface area contributed by atoms with E-state index in [1.165, 1.54) is 12.1 Å². The van der Waals surface area contributed by atoms with Gasteiger partial charge in [0.25, 0.3) is 5.69 Å². The number of nitrogens with zero attached hydrogens (tertiary/aromatic N) is 1. The van der Waals surface area contributed by atoms with Crippen molar-refractivity contribution >= 4 is 16.5 Å². The lowest BCUT2D eigenvalue weighted by Crippen LogP contribution is -2.18. The summed E-state index contributed by atoms with van der Waals surface area (Å²) >= 11 is 0. The Labute approximate surface area is 125 Å². The first-order valence-electron chi connectivity index (χ1n) is 6.43. The average molecular weight is 304 g/mol. The molecule has 0 aromatic heterocycles. The van der Waals surface area contributed by atoms with Crippen LogP contribution in [-0.2, 0) is 10.8 Å². The standard InChI is InChI=1S/C15H16N2O3S/c1-11-6-8-12(9-7-11)13(16)10-21(20)15-5-3-2-4-14(15)17(18)19/h2-9,13H,10,16H2,1H3. The summed E-state index contributed by atoms with van der Waals surface area (Å²) in [5.74, 6) is 0.147. The molecular formula is C15H16N2O3S. The monoisotopic (exact) mass is 304 g/mol. The highest BCUT2D eigenvalue weighted by Gasteiger charge is 2.20. The molecule has 0 bridgehead atoms. The Morgan fingerprint density at radius 2 is 1.81 bits per heavy atom. The van der Waals surface area contributed by atoms with Gasteiger partial charge in [0.1, 0.15) is 4.90 Å². The van der Waals surface area contributed by atoms with Crippen LogP contribution in [0.2, 0.25) is 0 Å². The molecule has 0 spiro atoms. The van der Waals surface area contributed by atoms with Crippen LogP contribution in [0.15, 0.2) is 53.4 Å². The first-order chi connectivity index (χ1) is 9.99. The Kier molecular flexibility index (Phi) is 4.82. The molecule has 0 radical (unpaired) electrons. The SMILES string of the molecule is Cc1ccc(C(N)CS(=O)c2ccccc2[N+](=O)[O-])cc1. The average Bonchev–Trinajstić information content (AvgIpc) is 2.47. The van der Waals surface area contributed by atoms with Crippen molar-refractivity contribution in [1.82, 2.24) is 0 Å². The van der Waals surface area contributed by atoms with Crippen LogP contribution >= 0.6 is 0 Å². The van der Waals surface area contributed by atoms with Gasteiger partial charge < -0.3 is 5.73 Å². The van der Waals surface area contributed by atoms with Crippen molar-refractivity contribution in [3.63, 3.8) is 0 Å². The van der Waals surface area contributed by atoms with Crippen LogP contribution in [0.4, 0.5) is 5.69 Å². The molecule has 110 valence electrons. The minimum absolute atomic E-state index is 0.132. The smallest absolute Gasteiger partial charge is 0.285 e. The van der Waals surface area contributed by atoms with E-state index in [2.05, 4.69) is 0 Å². The summed E-state index contributed by atoms with van der Waals surface area (Å²) in [5, 5.41) is 11.0. The lowest BCUT2D eigenvalue weighted by Gasteiger charge is -2.12. The van der Waals surface area contributed by atoms with Gasteiger partial charge in [0, 0.05) is 17.9 Å². The van der Waals surface area contributed by atoms with Gasteiger partial charge in [-0.05, 0) is 18.6 Å². The molecule has 2 aromatic rings. The minimum atomic E-state index is -1.52. The second kappa shape index (κ2) is 6.60. The fourth-order valence-corrected chi connectivity index (χ4v) is 3.27. The zero-order valence-corrected chi connectivity index (χ0v) is 12.4. The van der Waals surface area contributed by atoms with Crippen LogP contribution in [0.3, 0.4) is 0 Å². The third-order valence-electron chi connectivity index (χ3n) is 3.14. The fourth-order valence-electron chi connectivity index (χ4n) is 1.96. The van der Waals surface area contributed by atoms with Gasteiger partial charge in [-0.1, -0.05) is 42.0 Å². The summed E-state index contributed by atoms with van der Waals surface area (Å²) in [4.78, 5) is 10.6. The number of rotatable bonds is 5. The lowest BCUT2D eigenvalue weighted by molar-refractivity contribution is -0.387. The maximum absolute atomic E-state index is 12.3. The molecule has 2 aromatic carbocycles. The fraction of sp³-hybridized carbons (Fsp3) is 0.200. The molecular weight excluding hydrogens is 288 g/mol. The molecule has 0 saturated carbocycles. The summed E-state index contributed by atoms with van der Waals surface area (Å²) < 4.78 is 12.3. The van der Waals surface area contributed by atoms with Crippen molar-refractivity contribution in [3.8, 4) is 0 Å². The van der Waals surface area contributed by atoms with Crippen LogP contribution in [0.5, 0.6) is 0 Å². The zero-order valence-electron chi connectivity index (χ0n) is 11.6. The highest BCUT2D eigenvalue weighted by atomic mass is 32.2. The highest BCUT2D eigenvalue weighted by Crippen LogP contribution is 2.24. The van der Waals surface area contributed by atoms with E-state index in [1.807, 2.05) is 31.2 Å². The molecule has 2 rings (SSSR count). The van der Waals surface area contributed by atoms with Crippen molar-refractivity contribution in [1.29, 1.82) is 0 Å². The predicted octanol–water partition coefficient (Wildman–Crippen LogP) is 2.71. The maximum atomic E-state index is 12.3. The Hall–Kier alpha value is -2.05. The maximum Gasteiger partial charge on any atom is 0.285 e. The van der Waals surface area contributed by atoms with Crippen molar-refractivity contribution < 1.29 is 9.13 Å². The Balaban J connectivity index is 2.18. The predicted molar refractivity (Wildman–Crippen MR) is 82.5 cm³/mol. The molecule has 0 amide bonds. The van der Waals surface area contributed by atoms with Crippen LogP contribution in [0, 0.1) is 17.0 Å². The van der Waals surface area contributed by atoms with Gasteiger partial charge in [0.15, 0.2) is 0 Å². The molecule has 2 N–H and O–H groups in total. The van der Waals surface area contributed by atoms with Crippen LogP contribution in [-0.4, -0.2) is 14.9 Å². The molecule has 6 heteroatoms. The van der Waals surface area contributed by atoms with Crippen molar-refractivity contribution in [2.45, 2.75) is 17.9 Å². The Morgan fingerprint density at radius 1 is 1.19 bits per heavy atom. The van der Waals surface area contributed by atoms with Crippen LogP contribution < -0.4 is 5.73 Å². The number of nitrogens with two attached hydrogens (primary N) is 1. The van der Waals surface area contributed by atoms with Crippen molar-refractivity contribution in [3.05, 3.63) is 69.8 Å². The molecule has 21 heavy (non-hydrogen) atoms. The van der Waals surface area contributed by atoms with E-state index in [4.69, 9.17) is 5.73 Å². The number of aryl methyl sites for hydroxylation is 1. The number of hydrogen-bond acceptors (Lipinski definition) is 4. The Bertz CT molecular complexity index is 671. The molecule has 0 aliphatic rings. The van der Waals surface area contributed by atoms with Gasteiger partial charge in [-0.2, -0.15) is 0 Å². The number of nitro groups is 1. The quantitative estimate of drug-likeness (QED) is 0.679. The summed E-state index contributed by atoms with van der Waals surface area (Å²) in [6.45, 7) is 1.97. The van der Waals surface area contributed by atoms with E-state index >= 15 is 0 Å². The normalized spacial score (nSPS) is 13.6. The first-order valence-corrected chi connectivity index (χ1v) is 7.75. The number of benzene rings is 2. The molecule has 2 unspecified atom stereocenters. The zero-order chi connectivity index (χ0) is 15.4. The van der Waals surface area contributed by atoms with Gasteiger partial charge in [0.05, 0.1) is 15.7 Å². The van der Waals surface area contributed by atoms with Crippen molar-refractivity contribution in [2.75, 3.05) is 5.75 Å². The van der Waals surface area contributed by atoms with E-state index < -0.39 is 21.8 Å². The molecule has 0 aliphatic carbocycles. The van der Waals surface area contributed by atoms with E-state index in [9.17, 15) is 14.3 Å². The summed E-state index contributed by atoms with van der Waals surface area (Å²) in [6.07, 6.45) is 0. The minimum Gasteiger partial charge on any atom is -0.323 e. The van der Waals surface area contributed by atoms with E-state index in [1.54, 1.807) is 12.1 Å². The van der Waals surface area contributed by atoms with Gasteiger partial charge >= 0.3 is 0 Å². The van der Waals surface area contributed by atoms with Crippen LogP contribution in [0.1, 0.15) is 17.2 Å². The largest absolute Gasteiger partial charge is 0.323 e.